The third-order valence-electron chi connectivity index (χ3n) is 6.56. The molecule has 1 unspecified atom stereocenters. The standard InChI is InChI=1S/C27H18Cl2N4O3/c1-32-14-30-13-23(32)27(36,16-5-7-18(28)8-6-16)17-10-21-20(15-3-2-4-19(29)9-15)12-24(34)33-25(21)22(11-17)31-26(33)35/h2-14,36H,1H3,(H,31,35). The van der Waals surface area contributed by atoms with Gasteiger partial charge in [0.1, 0.15) is 0 Å². The fourth-order valence-corrected chi connectivity index (χ4v) is 5.20. The molecule has 0 amide bonds. The fraction of sp³-hybridized carbons (Fsp3) is 0.0741. The first-order chi connectivity index (χ1) is 17.3. The van der Waals surface area contributed by atoms with E-state index in [0.29, 0.717) is 54.4 Å². The van der Waals surface area contributed by atoms with Crippen LogP contribution in [-0.4, -0.2) is 24.0 Å². The molecule has 9 heteroatoms. The van der Waals surface area contributed by atoms with Crippen molar-refractivity contribution in [3.8, 4) is 11.1 Å². The van der Waals surface area contributed by atoms with Crippen molar-refractivity contribution in [2.24, 2.45) is 7.05 Å². The van der Waals surface area contributed by atoms with Crippen molar-refractivity contribution in [2.45, 2.75) is 5.60 Å². The Hall–Kier alpha value is -3.91. The number of H-pyrrole nitrogens is 1. The summed E-state index contributed by atoms with van der Waals surface area (Å²) < 4.78 is 2.84. The summed E-state index contributed by atoms with van der Waals surface area (Å²) in [4.78, 5) is 32.7. The van der Waals surface area contributed by atoms with Crippen LogP contribution >= 0.6 is 23.2 Å². The number of hydrogen-bond donors (Lipinski definition) is 2. The molecule has 0 fully saturated rings. The molecule has 6 aromatic rings. The van der Waals surface area contributed by atoms with E-state index in [1.807, 2.05) is 6.07 Å². The number of nitrogens with one attached hydrogen (secondary N) is 1. The molecular weight excluding hydrogens is 499 g/mol. The highest BCUT2D eigenvalue weighted by Crippen LogP contribution is 2.40. The summed E-state index contributed by atoms with van der Waals surface area (Å²) in [5.74, 6) is 0. The van der Waals surface area contributed by atoms with Gasteiger partial charge in [-0.15, -0.1) is 0 Å². The molecule has 1 atom stereocenters. The lowest BCUT2D eigenvalue weighted by Crippen LogP contribution is -2.31. The molecule has 36 heavy (non-hydrogen) atoms. The first kappa shape index (κ1) is 22.5. The highest BCUT2D eigenvalue weighted by atomic mass is 35.5. The molecule has 0 bridgehead atoms. The number of aliphatic hydroxyl groups is 1. The maximum atomic E-state index is 12.9. The molecule has 3 aromatic heterocycles. The summed E-state index contributed by atoms with van der Waals surface area (Å²) in [5, 5.41) is 14.1. The number of halogens is 2. The minimum atomic E-state index is -1.65. The Morgan fingerprint density at radius 2 is 1.72 bits per heavy atom. The third-order valence-corrected chi connectivity index (χ3v) is 7.05. The van der Waals surface area contributed by atoms with Crippen LogP contribution < -0.4 is 11.2 Å². The monoisotopic (exact) mass is 516 g/mol. The van der Waals surface area contributed by atoms with Gasteiger partial charge in [-0.05, 0) is 58.7 Å². The van der Waals surface area contributed by atoms with E-state index in [4.69, 9.17) is 23.2 Å². The molecule has 2 N–H and O–H groups in total. The maximum Gasteiger partial charge on any atom is 0.333 e. The van der Waals surface area contributed by atoms with Crippen molar-refractivity contribution in [1.82, 2.24) is 18.9 Å². The second kappa shape index (κ2) is 8.06. The van der Waals surface area contributed by atoms with Crippen LogP contribution in [0.3, 0.4) is 0 Å². The fourth-order valence-electron chi connectivity index (χ4n) is 4.89. The average Bonchev–Trinajstić information content (AvgIpc) is 3.44. The molecule has 0 saturated carbocycles. The predicted octanol–water partition coefficient (Wildman–Crippen LogP) is 4.57. The molecule has 7 nitrogen and oxygen atoms in total. The van der Waals surface area contributed by atoms with Crippen LogP contribution in [0.4, 0.5) is 0 Å². The summed E-state index contributed by atoms with van der Waals surface area (Å²) in [7, 11) is 1.79. The van der Waals surface area contributed by atoms with Gasteiger partial charge in [0, 0.05) is 28.5 Å². The number of imidazole rings is 2. The average molecular weight is 517 g/mol. The smallest absolute Gasteiger partial charge is 0.333 e. The number of aromatic amines is 1. The first-order valence-corrected chi connectivity index (χ1v) is 11.8. The van der Waals surface area contributed by atoms with E-state index >= 15 is 0 Å². The summed E-state index contributed by atoms with van der Waals surface area (Å²) in [6, 6.07) is 18.9. The molecule has 3 aromatic carbocycles. The van der Waals surface area contributed by atoms with E-state index in [1.54, 1.807) is 78.7 Å². The minimum Gasteiger partial charge on any atom is -0.374 e. The number of nitrogens with zero attached hydrogens (tertiary/aromatic N) is 3. The van der Waals surface area contributed by atoms with Crippen molar-refractivity contribution in [1.29, 1.82) is 0 Å². The Morgan fingerprint density at radius 1 is 0.944 bits per heavy atom. The van der Waals surface area contributed by atoms with Crippen molar-refractivity contribution in [3.63, 3.8) is 0 Å². The Balaban J connectivity index is 1.75. The molecule has 0 aliphatic carbocycles. The summed E-state index contributed by atoms with van der Waals surface area (Å²) in [6.07, 6.45) is 3.20. The van der Waals surface area contributed by atoms with Gasteiger partial charge < -0.3 is 14.7 Å². The first-order valence-electron chi connectivity index (χ1n) is 11.0. The predicted molar refractivity (Wildman–Crippen MR) is 140 cm³/mol. The molecule has 0 radical (unpaired) electrons. The van der Waals surface area contributed by atoms with Gasteiger partial charge in [0.2, 0.25) is 0 Å². The van der Waals surface area contributed by atoms with Crippen LogP contribution in [-0.2, 0) is 12.6 Å². The molecule has 178 valence electrons. The number of pyridine rings is 1. The maximum absolute atomic E-state index is 12.9. The van der Waals surface area contributed by atoms with Crippen LogP contribution in [0.2, 0.25) is 10.0 Å². The minimum absolute atomic E-state index is 0.419. The topological polar surface area (TPSA) is 92.4 Å². The number of rotatable bonds is 4. The second-order valence-corrected chi connectivity index (χ2v) is 9.57. The van der Waals surface area contributed by atoms with E-state index in [1.165, 1.54) is 6.07 Å². The molecule has 0 aliphatic rings. The van der Waals surface area contributed by atoms with Gasteiger partial charge in [-0.2, -0.15) is 0 Å². The zero-order valence-corrected chi connectivity index (χ0v) is 20.4. The quantitative estimate of drug-likeness (QED) is 0.359. The van der Waals surface area contributed by atoms with Gasteiger partial charge >= 0.3 is 5.69 Å². The second-order valence-electron chi connectivity index (χ2n) is 8.70. The molecule has 0 spiro atoms. The highest BCUT2D eigenvalue weighted by molar-refractivity contribution is 6.31. The van der Waals surface area contributed by atoms with Crippen LogP contribution in [0.25, 0.3) is 27.5 Å². The highest BCUT2D eigenvalue weighted by Gasteiger charge is 2.37. The summed E-state index contributed by atoms with van der Waals surface area (Å²) >= 11 is 12.4. The summed E-state index contributed by atoms with van der Waals surface area (Å²) in [5.41, 5.74) is 1.06. The number of benzene rings is 3. The van der Waals surface area contributed by atoms with Crippen molar-refractivity contribution in [3.05, 3.63) is 127 Å². The van der Waals surface area contributed by atoms with Crippen LogP contribution in [0.5, 0.6) is 0 Å². The Morgan fingerprint density at radius 3 is 2.42 bits per heavy atom. The summed E-state index contributed by atoms with van der Waals surface area (Å²) in [6.45, 7) is 0. The van der Waals surface area contributed by atoms with Crippen LogP contribution in [0, 0.1) is 0 Å². The largest absolute Gasteiger partial charge is 0.374 e. The third kappa shape index (κ3) is 3.28. The van der Waals surface area contributed by atoms with Gasteiger partial charge in [-0.1, -0.05) is 47.5 Å². The van der Waals surface area contributed by atoms with E-state index in [9.17, 15) is 14.7 Å². The van der Waals surface area contributed by atoms with Gasteiger partial charge in [-0.25, -0.2) is 14.2 Å². The van der Waals surface area contributed by atoms with Crippen molar-refractivity contribution in [2.75, 3.05) is 0 Å². The molecular formula is C27H18Cl2N4O3. The van der Waals surface area contributed by atoms with E-state index in [0.717, 1.165) is 4.40 Å². The Labute approximate surface area is 214 Å². The van der Waals surface area contributed by atoms with Gasteiger partial charge in [0.25, 0.3) is 5.56 Å². The lowest BCUT2D eigenvalue weighted by Gasteiger charge is -2.30. The van der Waals surface area contributed by atoms with Crippen molar-refractivity contribution >= 4 is 39.6 Å². The van der Waals surface area contributed by atoms with Gasteiger partial charge in [0.15, 0.2) is 5.60 Å². The number of aryl methyl sites for hydroxylation is 1. The number of hydrogen-bond acceptors (Lipinski definition) is 4. The number of aromatic nitrogens is 4. The zero-order chi connectivity index (χ0) is 25.2. The van der Waals surface area contributed by atoms with Gasteiger partial charge in [-0.3, -0.25) is 4.79 Å². The Kier molecular flexibility index (Phi) is 5.05. The zero-order valence-electron chi connectivity index (χ0n) is 18.9. The normalized spacial score (nSPS) is 13.4. The van der Waals surface area contributed by atoms with E-state index in [-0.39, 0.29) is 0 Å². The molecule has 0 aliphatic heterocycles. The van der Waals surface area contributed by atoms with Gasteiger partial charge in [0.05, 0.1) is 29.3 Å². The Bertz CT molecular complexity index is 1890. The molecule has 6 rings (SSSR count). The molecule has 3 heterocycles. The lowest BCUT2D eigenvalue weighted by atomic mass is 9.82. The van der Waals surface area contributed by atoms with Crippen LogP contribution in [0.1, 0.15) is 16.8 Å². The molecule has 0 saturated heterocycles. The van der Waals surface area contributed by atoms with E-state index < -0.39 is 16.9 Å². The van der Waals surface area contributed by atoms with E-state index in [2.05, 4.69) is 9.97 Å². The SMILES string of the molecule is Cn1cncc1C(O)(c1ccc(Cl)cc1)c1cc2[nH]c(=O)n3c(=O)cc(-c4cccc(Cl)c4)c(c1)c23. The van der Waals surface area contributed by atoms with Crippen molar-refractivity contribution < 1.29 is 5.11 Å². The lowest BCUT2D eigenvalue weighted by molar-refractivity contribution is 0.117. The van der Waals surface area contributed by atoms with Crippen LogP contribution in [0.15, 0.2) is 88.8 Å².